The normalized spacial score (nSPS) is 30.4. The van der Waals surface area contributed by atoms with Crippen LogP contribution in [0.5, 0.6) is 0 Å². The fourth-order valence-corrected chi connectivity index (χ4v) is 3.41. The van der Waals surface area contributed by atoms with E-state index in [2.05, 4.69) is 16.7 Å². The molecule has 102 valence electrons. The maximum Gasteiger partial charge on any atom is 0.245 e. The van der Waals surface area contributed by atoms with Gasteiger partial charge in [-0.05, 0) is 24.8 Å². The minimum Gasteiger partial charge on any atom is -0.343 e. The lowest BCUT2D eigenvalue weighted by molar-refractivity contribution is -0.146. The smallest absolute Gasteiger partial charge is 0.245 e. The fourth-order valence-electron chi connectivity index (χ4n) is 2.75. The Labute approximate surface area is 116 Å². The van der Waals surface area contributed by atoms with Crippen LogP contribution in [0.3, 0.4) is 0 Å². The van der Waals surface area contributed by atoms with Crippen molar-refractivity contribution in [1.29, 1.82) is 0 Å². The number of thiophene rings is 1. The molecule has 6 heteroatoms. The fraction of sp³-hybridized carbons (Fsp3) is 0.538. The number of carbonyl (C=O) groups excluding carboxylic acids is 2. The number of fused-ring (bicyclic) bond motifs is 1. The number of rotatable bonds is 3. The molecule has 1 aromatic rings. The van der Waals surface area contributed by atoms with Crippen molar-refractivity contribution in [3.8, 4) is 0 Å². The molecule has 3 rings (SSSR count). The minimum absolute atomic E-state index is 0.0208. The van der Waals surface area contributed by atoms with Gasteiger partial charge < -0.3 is 15.5 Å². The predicted octanol–water partition coefficient (Wildman–Crippen LogP) is 0.325. The summed E-state index contributed by atoms with van der Waals surface area (Å²) in [5.74, 6) is 0.0116. The second kappa shape index (κ2) is 4.94. The second-order valence-corrected chi connectivity index (χ2v) is 6.16. The van der Waals surface area contributed by atoms with Crippen LogP contribution in [-0.4, -0.2) is 41.4 Å². The van der Waals surface area contributed by atoms with Gasteiger partial charge in [-0.2, -0.15) is 0 Å². The minimum atomic E-state index is -0.389. The van der Waals surface area contributed by atoms with Crippen molar-refractivity contribution in [2.45, 2.75) is 38.0 Å². The van der Waals surface area contributed by atoms with Gasteiger partial charge in [0.15, 0.2) is 0 Å². The van der Waals surface area contributed by atoms with E-state index in [-0.39, 0.29) is 29.9 Å². The Kier molecular flexibility index (Phi) is 3.28. The summed E-state index contributed by atoms with van der Waals surface area (Å²) in [4.78, 5) is 26.9. The van der Waals surface area contributed by atoms with Crippen molar-refractivity contribution < 1.29 is 9.59 Å². The van der Waals surface area contributed by atoms with Crippen LogP contribution in [0.1, 0.15) is 18.2 Å². The number of amides is 2. The number of hydrogen-bond acceptors (Lipinski definition) is 4. The molecule has 2 N–H and O–H groups in total. The van der Waals surface area contributed by atoms with E-state index in [1.54, 1.807) is 23.2 Å². The molecule has 2 fully saturated rings. The Hall–Kier alpha value is -1.40. The van der Waals surface area contributed by atoms with E-state index in [0.29, 0.717) is 13.0 Å². The lowest BCUT2D eigenvalue weighted by Crippen LogP contribution is -2.60. The average molecular weight is 279 g/mol. The Morgan fingerprint density at radius 2 is 2.37 bits per heavy atom. The molecular formula is C13H17N3O2S. The lowest BCUT2D eigenvalue weighted by atomic mass is 10.1. The molecule has 19 heavy (non-hydrogen) atoms. The highest BCUT2D eigenvalue weighted by Gasteiger charge is 2.44. The van der Waals surface area contributed by atoms with Crippen molar-refractivity contribution in [2.75, 3.05) is 6.54 Å². The van der Waals surface area contributed by atoms with Gasteiger partial charge in [-0.15, -0.1) is 11.3 Å². The van der Waals surface area contributed by atoms with E-state index in [1.165, 1.54) is 4.88 Å². The molecule has 2 aliphatic heterocycles. The van der Waals surface area contributed by atoms with Crippen molar-refractivity contribution in [1.82, 2.24) is 15.5 Å². The third kappa shape index (κ3) is 2.37. The molecule has 2 saturated heterocycles. The molecule has 0 saturated carbocycles. The largest absolute Gasteiger partial charge is 0.343 e. The highest BCUT2D eigenvalue weighted by molar-refractivity contribution is 7.09. The summed E-state index contributed by atoms with van der Waals surface area (Å²) in [6.45, 7) is 3.17. The molecule has 0 aliphatic carbocycles. The highest BCUT2D eigenvalue weighted by Crippen LogP contribution is 2.23. The van der Waals surface area contributed by atoms with Gasteiger partial charge in [0.1, 0.15) is 12.1 Å². The summed E-state index contributed by atoms with van der Waals surface area (Å²) in [6.07, 6.45) is 0.704. The predicted molar refractivity (Wildman–Crippen MR) is 72.7 cm³/mol. The summed E-state index contributed by atoms with van der Waals surface area (Å²) in [5.41, 5.74) is 0. The van der Waals surface area contributed by atoms with Gasteiger partial charge in [0, 0.05) is 24.0 Å². The zero-order chi connectivity index (χ0) is 13.4. The number of hydrogen-bond donors (Lipinski definition) is 2. The number of nitrogens with one attached hydrogen (secondary N) is 2. The molecule has 2 aliphatic rings. The van der Waals surface area contributed by atoms with Gasteiger partial charge in [-0.1, -0.05) is 6.07 Å². The van der Waals surface area contributed by atoms with E-state index in [9.17, 15) is 9.59 Å². The summed E-state index contributed by atoms with van der Waals surface area (Å²) >= 11 is 1.71. The molecule has 0 bridgehead atoms. The maximum absolute atomic E-state index is 12.0. The summed E-state index contributed by atoms with van der Waals surface area (Å²) < 4.78 is 0. The van der Waals surface area contributed by atoms with Crippen LogP contribution < -0.4 is 10.6 Å². The number of carbonyl (C=O) groups is 2. The van der Waals surface area contributed by atoms with Crippen LogP contribution in [0.25, 0.3) is 0 Å². The number of nitrogens with zero attached hydrogens (tertiary/aromatic N) is 1. The topological polar surface area (TPSA) is 61.4 Å². The molecule has 3 heterocycles. The maximum atomic E-state index is 12.0. The molecule has 0 spiro atoms. The van der Waals surface area contributed by atoms with Crippen molar-refractivity contribution in [3.05, 3.63) is 22.4 Å². The van der Waals surface area contributed by atoms with E-state index in [1.807, 2.05) is 11.4 Å². The summed E-state index contributed by atoms with van der Waals surface area (Å²) in [6, 6.07) is 3.63. The van der Waals surface area contributed by atoms with E-state index in [4.69, 9.17) is 0 Å². The zero-order valence-corrected chi connectivity index (χ0v) is 11.6. The van der Waals surface area contributed by atoms with E-state index in [0.717, 1.165) is 6.54 Å². The van der Waals surface area contributed by atoms with Gasteiger partial charge >= 0.3 is 0 Å². The monoisotopic (exact) mass is 279 g/mol. The summed E-state index contributed by atoms with van der Waals surface area (Å²) in [5, 5.41) is 8.22. The Balaban J connectivity index is 1.62. The van der Waals surface area contributed by atoms with Crippen LogP contribution in [0.2, 0.25) is 0 Å². The van der Waals surface area contributed by atoms with Gasteiger partial charge in [0.05, 0.1) is 0 Å². The van der Waals surface area contributed by atoms with Crippen LogP contribution in [0.4, 0.5) is 0 Å². The molecule has 5 nitrogen and oxygen atoms in total. The molecule has 0 aromatic carbocycles. The van der Waals surface area contributed by atoms with Crippen LogP contribution >= 0.6 is 11.3 Å². The SMILES string of the molecule is C[C@@H]1NC(=O)[C@@H]2C[C@H](NCc3cccs3)CN2C1=O. The van der Waals surface area contributed by atoms with Gasteiger partial charge in [0.25, 0.3) is 0 Å². The Morgan fingerprint density at radius 3 is 3.11 bits per heavy atom. The first-order chi connectivity index (χ1) is 9.15. The molecule has 0 radical (unpaired) electrons. The standard InChI is InChI=1S/C13H17N3O2S/c1-8-13(18)16-7-9(5-11(16)12(17)15-8)14-6-10-3-2-4-19-10/h2-4,8-9,11,14H,5-7H2,1H3,(H,15,17)/t8-,9-,11-/m0/s1. The molecule has 3 atom stereocenters. The zero-order valence-electron chi connectivity index (χ0n) is 10.8. The van der Waals surface area contributed by atoms with Crippen LogP contribution in [0, 0.1) is 0 Å². The Bertz CT molecular complexity index is 488. The first kappa shape index (κ1) is 12.6. The third-order valence-corrected chi connectivity index (χ3v) is 4.64. The first-order valence-corrected chi connectivity index (χ1v) is 7.40. The van der Waals surface area contributed by atoms with Crippen LogP contribution in [0.15, 0.2) is 17.5 Å². The quantitative estimate of drug-likeness (QED) is 0.838. The first-order valence-electron chi connectivity index (χ1n) is 6.52. The molecule has 1 aromatic heterocycles. The van der Waals surface area contributed by atoms with Gasteiger partial charge in [-0.3, -0.25) is 9.59 Å². The lowest BCUT2D eigenvalue weighted by Gasteiger charge is -2.32. The van der Waals surface area contributed by atoms with Crippen molar-refractivity contribution in [2.24, 2.45) is 0 Å². The van der Waals surface area contributed by atoms with Crippen LogP contribution in [-0.2, 0) is 16.1 Å². The average Bonchev–Trinajstić information content (AvgIpc) is 3.03. The number of piperazine rings is 1. The molecule has 2 amide bonds. The Morgan fingerprint density at radius 1 is 1.53 bits per heavy atom. The van der Waals surface area contributed by atoms with E-state index < -0.39 is 0 Å². The second-order valence-electron chi connectivity index (χ2n) is 5.13. The van der Waals surface area contributed by atoms with Gasteiger partial charge in [0.2, 0.25) is 11.8 Å². The summed E-state index contributed by atoms with van der Waals surface area (Å²) in [7, 11) is 0. The third-order valence-electron chi connectivity index (χ3n) is 3.76. The molecular weight excluding hydrogens is 262 g/mol. The van der Waals surface area contributed by atoms with Gasteiger partial charge in [-0.25, -0.2) is 0 Å². The van der Waals surface area contributed by atoms with Crippen molar-refractivity contribution >= 4 is 23.2 Å². The van der Waals surface area contributed by atoms with Crippen molar-refractivity contribution in [3.63, 3.8) is 0 Å². The molecule has 0 unspecified atom stereocenters. The highest BCUT2D eigenvalue weighted by atomic mass is 32.1. The van der Waals surface area contributed by atoms with E-state index >= 15 is 0 Å².